The maximum atomic E-state index is 9.48. The Balaban J connectivity index is 3.15. The van der Waals surface area contributed by atoms with Crippen molar-refractivity contribution >= 4 is 6.41 Å². The van der Waals surface area contributed by atoms with Crippen LogP contribution in [0.3, 0.4) is 0 Å². The van der Waals surface area contributed by atoms with Crippen LogP contribution in [0, 0.1) is 0 Å². The average molecular weight is 117 g/mol. The second-order valence-electron chi connectivity index (χ2n) is 1.09. The van der Waals surface area contributed by atoms with Crippen LogP contribution >= 0.6 is 0 Å². The molecule has 4 nitrogen and oxygen atoms in total. The molecule has 0 saturated carbocycles. The van der Waals surface area contributed by atoms with Crippen LogP contribution in [0.5, 0.6) is 0 Å². The number of rotatable bonds is 3. The molecular weight excluding hydrogens is 110 g/mol. The summed E-state index contributed by atoms with van der Waals surface area (Å²) in [5, 5.41) is 18.3. The molecule has 0 aliphatic heterocycles. The number of aliphatic hydroxyl groups excluding tert-OH is 1. The number of amides is 1. The first-order valence-corrected chi connectivity index (χ1v) is 2.02. The first-order chi connectivity index (χ1) is 3.77. The average Bonchev–Trinajstić information content (AvgIpc) is 1.66. The number of hydrogen-bond acceptors (Lipinski definition) is 3. The van der Waals surface area contributed by atoms with Gasteiger partial charge in [-0.1, -0.05) is 0 Å². The first-order valence-electron chi connectivity index (χ1n) is 2.02. The smallest absolute Gasteiger partial charge is 0.271 e. The van der Waals surface area contributed by atoms with Crippen molar-refractivity contribution in [2.45, 2.75) is 0 Å². The lowest BCUT2D eigenvalue weighted by Gasteiger charge is -1.87. The monoisotopic (exact) mass is 117 g/mol. The molecule has 0 saturated heterocycles. The van der Waals surface area contributed by atoms with Crippen molar-refractivity contribution < 1.29 is 15.0 Å². The molecule has 0 bridgehead atoms. The summed E-state index contributed by atoms with van der Waals surface area (Å²) in [7, 11) is 0. The molecule has 0 fully saturated rings. The van der Waals surface area contributed by atoms with Gasteiger partial charge in [-0.3, -0.25) is 4.79 Å². The zero-order valence-corrected chi connectivity index (χ0v) is 4.16. The van der Waals surface area contributed by atoms with Crippen molar-refractivity contribution in [3.8, 4) is 0 Å². The summed E-state index contributed by atoms with van der Waals surface area (Å²) < 4.78 is 0. The molecule has 0 aromatic heterocycles. The van der Waals surface area contributed by atoms with E-state index in [0.29, 0.717) is 6.41 Å². The molecule has 0 aromatic rings. The van der Waals surface area contributed by atoms with E-state index < -0.39 is 5.95 Å². The highest BCUT2D eigenvalue weighted by Crippen LogP contribution is 1.73. The highest BCUT2D eigenvalue weighted by Gasteiger charge is 1.79. The predicted octanol–water partition coefficient (Wildman–Crippen LogP) is -0.310. The fourth-order valence-electron chi connectivity index (χ4n) is 0.198. The van der Waals surface area contributed by atoms with Crippen LogP contribution in [-0.2, 0) is 4.79 Å². The zero-order chi connectivity index (χ0) is 6.41. The summed E-state index contributed by atoms with van der Waals surface area (Å²) in [4.78, 5) is 9.48. The second kappa shape index (κ2) is 3.98. The molecule has 0 radical (unpaired) electrons. The largest absolute Gasteiger partial charge is 0.481 e. The number of aliphatic hydroxyl groups is 2. The molecule has 46 valence electrons. The Morgan fingerprint density at radius 3 is 2.62 bits per heavy atom. The molecule has 8 heavy (non-hydrogen) atoms. The quantitative estimate of drug-likeness (QED) is 0.270. The van der Waals surface area contributed by atoms with Gasteiger partial charge in [-0.05, 0) is 0 Å². The third kappa shape index (κ3) is 4.81. The van der Waals surface area contributed by atoms with Crippen molar-refractivity contribution in [1.82, 2.24) is 5.32 Å². The third-order valence-corrected chi connectivity index (χ3v) is 0.486. The van der Waals surface area contributed by atoms with Gasteiger partial charge in [0, 0.05) is 12.6 Å². The Morgan fingerprint density at radius 1 is 1.62 bits per heavy atom. The van der Waals surface area contributed by atoms with E-state index in [1.54, 1.807) is 0 Å². The first kappa shape index (κ1) is 6.81. The number of hydrogen-bond donors (Lipinski definition) is 3. The van der Waals surface area contributed by atoms with Gasteiger partial charge in [-0.25, -0.2) is 0 Å². The molecule has 1 amide bonds. The predicted molar refractivity (Wildman–Crippen MR) is 27.4 cm³/mol. The van der Waals surface area contributed by atoms with Crippen molar-refractivity contribution in [1.29, 1.82) is 0 Å². The van der Waals surface area contributed by atoms with Crippen molar-refractivity contribution in [2.24, 2.45) is 0 Å². The van der Waals surface area contributed by atoms with Crippen LogP contribution in [0.4, 0.5) is 0 Å². The Hall–Kier alpha value is -1.19. The van der Waals surface area contributed by atoms with E-state index in [9.17, 15) is 4.79 Å². The molecule has 0 aliphatic carbocycles. The maximum Gasteiger partial charge on any atom is 0.271 e. The molecular formula is C4H7NO3. The van der Waals surface area contributed by atoms with Crippen molar-refractivity contribution in [2.75, 3.05) is 6.54 Å². The summed E-state index contributed by atoms with van der Waals surface area (Å²) in [6.07, 6.45) is 1.54. The Bertz CT molecular complexity index is 95.5. The van der Waals surface area contributed by atoms with Gasteiger partial charge in [-0.2, -0.15) is 0 Å². The summed E-state index contributed by atoms with van der Waals surface area (Å²) in [5.41, 5.74) is 0. The molecule has 3 N–H and O–H groups in total. The SMILES string of the molecule is O=CNCC=C(O)O. The number of nitrogens with one attached hydrogen (secondary N) is 1. The number of carbonyl (C=O) groups excluding carboxylic acids is 1. The summed E-state index contributed by atoms with van der Waals surface area (Å²) >= 11 is 0. The van der Waals surface area contributed by atoms with Gasteiger partial charge in [-0.15, -0.1) is 0 Å². The van der Waals surface area contributed by atoms with Crippen LogP contribution < -0.4 is 5.32 Å². The van der Waals surface area contributed by atoms with Crippen LogP contribution in [0.1, 0.15) is 0 Å². The lowest BCUT2D eigenvalue weighted by atomic mass is 10.6. The van der Waals surface area contributed by atoms with E-state index in [-0.39, 0.29) is 6.54 Å². The lowest BCUT2D eigenvalue weighted by molar-refractivity contribution is -0.109. The normalized spacial score (nSPS) is 7.50. The maximum absolute atomic E-state index is 9.48. The van der Waals surface area contributed by atoms with E-state index in [4.69, 9.17) is 10.2 Å². The summed E-state index contributed by atoms with van der Waals surface area (Å²) in [6.45, 7) is 0.145. The Morgan fingerprint density at radius 2 is 2.25 bits per heavy atom. The molecule has 0 unspecified atom stereocenters. The molecule has 0 aromatic carbocycles. The van der Waals surface area contributed by atoms with Crippen LogP contribution in [-0.4, -0.2) is 23.2 Å². The third-order valence-electron chi connectivity index (χ3n) is 0.486. The number of carbonyl (C=O) groups is 1. The van der Waals surface area contributed by atoms with Crippen LogP contribution in [0.2, 0.25) is 0 Å². The topological polar surface area (TPSA) is 69.6 Å². The van der Waals surface area contributed by atoms with E-state index in [2.05, 4.69) is 5.32 Å². The van der Waals surface area contributed by atoms with Gasteiger partial charge < -0.3 is 15.5 Å². The summed E-state index contributed by atoms with van der Waals surface area (Å²) in [5.74, 6) is -0.778. The molecule has 4 heteroatoms. The zero-order valence-electron chi connectivity index (χ0n) is 4.16. The second-order valence-corrected chi connectivity index (χ2v) is 1.09. The summed E-state index contributed by atoms with van der Waals surface area (Å²) in [6, 6.07) is 0. The van der Waals surface area contributed by atoms with Gasteiger partial charge in [0.05, 0.1) is 0 Å². The molecule has 0 rings (SSSR count). The Labute approximate surface area is 46.4 Å². The minimum Gasteiger partial charge on any atom is -0.481 e. The lowest BCUT2D eigenvalue weighted by Crippen LogP contribution is -2.10. The van der Waals surface area contributed by atoms with Crippen LogP contribution in [0.25, 0.3) is 0 Å². The van der Waals surface area contributed by atoms with Crippen LogP contribution in [0.15, 0.2) is 12.0 Å². The highest BCUT2D eigenvalue weighted by atomic mass is 16.5. The standard InChI is InChI=1S/C4H7NO3/c6-3-5-2-1-4(7)8/h1,3,7-8H,2H2,(H,5,6). The molecule has 0 aliphatic rings. The van der Waals surface area contributed by atoms with Gasteiger partial charge in [0.15, 0.2) is 0 Å². The van der Waals surface area contributed by atoms with Gasteiger partial charge >= 0.3 is 0 Å². The van der Waals surface area contributed by atoms with E-state index >= 15 is 0 Å². The van der Waals surface area contributed by atoms with Crippen molar-refractivity contribution in [3.63, 3.8) is 0 Å². The van der Waals surface area contributed by atoms with E-state index in [0.717, 1.165) is 6.08 Å². The van der Waals surface area contributed by atoms with E-state index in [1.807, 2.05) is 0 Å². The minimum absolute atomic E-state index is 0.145. The molecule has 0 heterocycles. The van der Waals surface area contributed by atoms with Crippen molar-refractivity contribution in [3.05, 3.63) is 12.0 Å². The Kier molecular flexibility index (Phi) is 3.39. The minimum atomic E-state index is -0.778. The fraction of sp³-hybridized carbons (Fsp3) is 0.250. The van der Waals surface area contributed by atoms with Gasteiger partial charge in [0.2, 0.25) is 6.41 Å². The fourth-order valence-corrected chi connectivity index (χ4v) is 0.198. The highest BCUT2D eigenvalue weighted by molar-refractivity contribution is 5.46. The van der Waals surface area contributed by atoms with Gasteiger partial charge in [0.25, 0.3) is 5.95 Å². The molecule has 0 atom stereocenters. The molecule has 0 spiro atoms. The van der Waals surface area contributed by atoms with Gasteiger partial charge in [0.1, 0.15) is 0 Å². The van der Waals surface area contributed by atoms with E-state index in [1.165, 1.54) is 0 Å².